The molecule has 0 bridgehead atoms. The average molecular weight is 490 g/mol. The zero-order chi connectivity index (χ0) is 26.3. The molecule has 0 saturated carbocycles. The maximum atomic E-state index is 12.8. The number of nitrogens with one attached hydrogen (secondary N) is 2. The largest absolute Gasteiger partial charge is 0.444 e. The van der Waals surface area contributed by atoms with E-state index >= 15 is 0 Å². The summed E-state index contributed by atoms with van der Waals surface area (Å²) >= 11 is 0. The number of amides is 4. The summed E-state index contributed by atoms with van der Waals surface area (Å²) in [7, 11) is 0. The Bertz CT molecular complexity index is 1250. The van der Waals surface area contributed by atoms with Crippen molar-refractivity contribution in [3.8, 4) is 0 Å². The first-order valence-corrected chi connectivity index (χ1v) is 11.0. The average Bonchev–Trinajstić information content (AvgIpc) is 2.83. The van der Waals surface area contributed by atoms with Gasteiger partial charge in [0.1, 0.15) is 5.60 Å². The van der Waals surface area contributed by atoms with E-state index in [0.29, 0.717) is 28.2 Å². The van der Waals surface area contributed by atoms with Gasteiger partial charge in [0.15, 0.2) is 0 Å². The monoisotopic (exact) mass is 489 g/mol. The van der Waals surface area contributed by atoms with Gasteiger partial charge in [-0.25, -0.2) is 4.79 Å². The number of rotatable bonds is 6. The third-order valence-electron chi connectivity index (χ3n) is 4.78. The first-order valence-electron chi connectivity index (χ1n) is 11.0. The predicted octanol–water partition coefficient (Wildman–Crippen LogP) is 3.70. The Hall–Kier alpha value is -4.73. The van der Waals surface area contributed by atoms with Gasteiger partial charge in [-0.3, -0.25) is 29.6 Å². The molecule has 4 N–H and O–H groups in total. The van der Waals surface area contributed by atoms with Crippen LogP contribution >= 0.6 is 0 Å². The smallest absolute Gasteiger partial charge is 0.412 e. The number of pyridine rings is 1. The van der Waals surface area contributed by atoms with Gasteiger partial charge in [-0.15, -0.1) is 0 Å². The van der Waals surface area contributed by atoms with Crippen LogP contribution in [0.4, 0.5) is 21.9 Å². The molecule has 0 atom stereocenters. The lowest BCUT2D eigenvalue weighted by Gasteiger charge is -2.21. The summed E-state index contributed by atoms with van der Waals surface area (Å²) in [6.07, 6.45) is 2.36. The van der Waals surface area contributed by atoms with E-state index in [-0.39, 0.29) is 6.54 Å². The Morgan fingerprint density at radius 1 is 0.917 bits per heavy atom. The summed E-state index contributed by atoms with van der Waals surface area (Å²) < 4.78 is 5.27. The molecule has 0 saturated heterocycles. The van der Waals surface area contributed by atoms with Gasteiger partial charge in [0.05, 0.1) is 29.8 Å². The zero-order valence-corrected chi connectivity index (χ0v) is 20.1. The minimum absolute atomic E-state index is 0.0536. The number of hydrogen-bond donors (Lipinski definition) is 3. The van der Waals surface area contributed by atoms with Crippen LogP contribution in [0.5, 0.6) is 0 Å². The minimum Gasteiger partial charge on any atom is -0.444 e. The van der Waals surface area contributed by atoms with Crippen LogP contribution in [-0.2, 0) is 20.9 Å². The van der Waals surface area contributed by atoms with Crippen molar-refractivity contribution in [2.24, 2.45) is 5.73 Å². The zero-order valence-electron chi connectivity index (χ0n) is 20.1. The van der Waals surface area contributed by atoms with Gasteiger partial charge in [-0.2, -0.15) is 0 Å². The number of nitrogens with zero attached hydrogens (tertiary/aromatic N) is 2. The number of primary amides is 1. The van der Waals surface area contributed by atoms with Crippen molar-refractivity contribution < 1.29 is 23.9 Å². The van der Waals surface area contributed by atoms with Gasteiger partial charge in [0.2, 0.25) is 0 Å². The number of ether oxygens (including phenoxy) is 1. The van der Waals surface area contributed by atoms with Crippen LogP contribution in [0.25, 0.3) is 0 Å². The van der Waals surface area contributed by atoms with E-state index in [1.807, 2.05) is 0 Å². The topological polar surface area (TPSA) is 144 Å². The molecule has 1 heterocycles. The lowest BCUT2D eigenvalue weighted by atomic mass is 10.1. The molecule has 10 heteroatoms. The van der Waals surface area contributed by atoms with Gasteiger partial charge >= 0.3 is 17.9 Å². The van der Waals surface area contributed by atoms with Crippen LogP contribution in [0.3, 0.4) is 0 Å². The highest BCUT2D eigenvalue weighted by Crippen LogP contribution is 2.23. The lowest BCUT2D eigenvalue weighted by Crippen LogP contribution is -2.40. The number of carbonyl (C=O) groups excluding carboxylic acids is 4. The maximum Gasteiger partial charge on any atom is 0.412 e. The molecule has 2 aromatic carbocycles. The lowest BCUT2D eigenvalue weighted by molar-refractivity contribution is -0.135. The first kappa shape index (κ1) is 25.9. The fourth-order valence-electron chi connectivity index (χ4n) is 3.18. The van der Waals surface area contributed by atoms with Crippen LogP contribution in [0.15, 0.2) is 73.1 Å². The molecule has 0 fully saturated rings. The van der Waals surface area contributed by atoms with E-state index in [4.69, 9.17) is 10.5 Å². The Balaban J connectivity index is 1.72. The second-order valence-corrected chi connectivity index (χ2v) is 8.79. The Labute approximate surface area is 208 Å². The van der Waals surface area contributed by atoms with Crippen LogP contribution in [0.1, 0.15) is 36.7 Å². The van der Waals surface area contributed by atoms with Crippen molar-refractivity contribution in [2.45, 2.75) is 32.9 Å². The van der Waals surface area contributed by atoms with Gasteiger partial charge in [0.25, 0.3) is 5.91 Å². The standard InChI is InChI=1S/C26H27N5O5/c1-26(2,3)36-25(35)30-21-9-5-4-8-20(21)29-23(33)18-12-10-17(11-13-18)16-31(24(34)22(27)32)19-7-6-14-28-15-19/h4-15H,16H2,1-3H3,(H2,27,32)(H,29,33)(H,30,35). The summed E-state index contributed by atoms with van der Waals surface area (Å²) in [5.41, 5.74) is 6.74. The number of benzene rings is 2. The molecular weight excluding hydrogens is 462 g/mol. The predicted molar refractivity (Wildman–Crippen MR) is 135 cm³/mol. The van der Waals surface area contributed by atoms with Crippen molar-refractivity contribution >= 4 is 40.9 Å². The quantitative estimate of drug-likeness (QED) is 0.451. The molecule has 1 aromatic heterocycles. The Kier molecular flexibility index (Phi) is 8.00. The second-order valence-electron chi connectivity index (χ2n) is 8.79. The number of aromatic nitrogens is 1. The highest BCUT2D eigenvalue weighted by molar-refractivity contribution is 6.39. The Morgan fingerprint density at radius 3 is 2.11 bits per heavy atom. The van der Waals surface area contributed by atoms with Gasteiger partial charge < -0.3 is 15.8 Å². The van der Waals surface area contributed by atoms with E-state index in [2.05, 4.69) is 15.6 Å². The fraction of sp³-hybridized carbons (Fsp3) is 0.192. The van der Waals surface area contributed by atoms with Crippen LogP contribution in [-0.4, -0.2) is 34.4 Å². The molecule has 0 unspecified atom stereocenters. The molecular formula is C26H27N5O5. The third kappa shape index (κ3) is 7.13. The van der Waals surface area contributed by atoms with Gasteiger partial charge in [0, 0.05) is 11.8 Å². The normalized spacial score (nSPS) is 10.8. The molecule has 186 valence electrons. The summed E-state index contributed by atoms with van der Waals surface area (Å²) in [5, 5.41) is 5.40. The minimum atomic E-state index is -1.09. The van der Waals surface area contributed by atoms with Crippen LogP contribution < -0.4 is 21.3 Å². The molecule has 3 aromatic rings. The van der Waals surface area contributed by atoms with E-state index in [1.165, 1.54) is 11.1 Å². The van der Waals surface area contributed by atoms with E-state index in [0.717, 1.165) is 0 Å². The molecule has 0 radical (unpaired) electrons. The fourth-order valence-corrected chi connectivity index (χ4v) is 3.18. The summed E-state index contributed by atoms with van der Waals surface area (Å²) in [5.74, 6) is -2.37. The summed E-state index contributed by atoms with van der Waals surface area (Å²) in [6, 6.07) is 16.5. The molecule has 0 aliphatic heterocycles. The molecule has 10 nitrogen and oxygen atoms in total. The van der Waals surface area contributed by atoms with Crippen molar-refractivity contribution in [1.82, 2.24) is 4.98 Å². The molecule has 0 aliphatic carbocycles. The highest BCUT2D eigenvalue weighted by atomic mass is 16.6. The van der Waals surface area contributed by atoms with Crippen molar-refractivity contribution in [3.05, 3.63) is 84.2 Å². The molecule has 0 aliphatic rings. The first-order chi connectivity index (χ1) is 17.0. The van der Waals surface area contributed by atoms with E-state index in [9.17, 15) is 19.2 Å². The number of anilines is 3. The summed E-state index contributed by atoms with van der Waals surface area (Å²) in [6.45, 7) is 5.31. The van der Waals surface area contributed by atoms with Crippen molar-refractivity contribution in [2.75, 3.05) is 15.5 Å². The third-order valence-corrected chi connectivity index (χ3v) is 4.78. The SMILES string of the molecule is CC(C)(C)OC(=O)Nc1ccccc1NC(=O)c1ccc(CN(C(=O)C(N)=O)c2cccnc2)cc1. The van der Waals surface area contributed by atoms with Crippen molar-refractivity contribution in [1.29, 1.82) is 0 Å². The van der Waals surface area contributed by atoms with Gasteiger partial charge in [-0.1, -0.05) is 24.3 Å². The Morgan fingerprint density at radius 2 is 1.56 bits per heavy atom. The van der Waals surface area contributed by atoms with Crippen molar-refractivity contribution in [3.63, 3.8) is 0 Å². The summed E-state index contributed by atoms with van der Waals surface area (Å²) in [4.78, 5) is 54.0. The van der Waals surface area contributed by atoms with Gasteiger partial charge in [-0.05, 0) is 62.7 Å². The highest BCUT2D eigenvalue weighted by Gasteiger charge is 2.22. The number of hydrogen-bond acceptors (Lipinski definition) is 6. The molecule has 0 spiro atoms. The maximum absolute atomic E-state index is 12.8. The van der Waals surface area contributed by atoms with E-state index < -0.39 is 29.4 Å². The molecule has 3 rings (SSSR count). The second kappa shape index (κ2) is 11.1. The van der Waals surface area contributed by atoms with E-state index in [1.54, 1.807) is 87.6 Å². The number of nitrogens with two attached hydrogens (primary N) is 1. The number of carbonyl (C=O) groups is 4. The molecule has 4 amide bonds. The number of para-hydroxylation sites is 2. The van der Waals surface area contributed by atoms with Crippen LogP contribution in [0.2, 0.25) is 0 Å². The molecule has 36 heavy (non-hydrogen) atoms. The van der Waals surface area contributed by atoms with Crippen LogP contribution in [0, 0.1) is 0 Å².